The Bertz CT molecular complexity index is 1710. The summed E-state index contributed by atoms with van der Waals surface area (Å²) in [5.41, 5.74) is 5.17. The molecule has 2 aromatic carbocycles. The number of imidazole rings is 1. The van der Waals surface area contributed by atoms with Crippen LogP contribution in [-0.4, -0.2) is 68.7 Å². The number of hydrogen-bond donors (Lipinski definition) is 3. The number of nitrogen functional groups attached to an aromatic ring is 1. The standard InChI is InChI=1S/C29H37N6O8P/c1-6-14-40-26(36)17(2)34-44(38,43-22-13-9-11-19-10-7-8-12-21(19)22)41-16-20-15-29(4,37)27(42-20)35-18(3)31-23-24(35)32-28(30)33-25(23)39-5/h7-13,17,20,27,37H,6,14-16H2,1-5H3,(H,34,38)(H2,30,32,33). The first-order valence-electron chi connectivity index (χ1n) is 14.2. The molecule has 236 valence electrons. The number of nitrogens with zero attached hydrogens (tertiary/aromatic N) is 4. The van der Waals surface area contributed by atoms with E-state index in [1.54, 1.807) is 30.5 Å². The number of aryl methyl sites for hydroxylation is 1. The molecular weight excluding hydrogens is 591 g/mol. The van der Waals surface area contributed by atoms with Crippen LogP contribution in [0.3, 0.4) is 0 Å². The van der Waals surface area contributed by atoms with E-state index in [9.17, 15) is 14.5 Å². The van der Waals surface area contributed by atoms with Crippen LogP contribution in [0.5, 0.6) is 11.6 Å². The van der Waals surface area contributed by atoms with Crippen LogP contribution in [0, 0.1) is 6.92 Å². The number of rotatable bonds is 12. The van der Waals surface area contributed by atoms with Gasteiger partial charge in [-0.25, -0.2) is 9.55 Å². The Morgan fingerprint density at radius 3 is 2.75 bits per heavy atom. The zero-order valence-corrected chi connectivity index (χ0v) is 26.1. The van der Waals surface area contributed by atoms with Crippen LogP contribution in [0.25, 0.3) is 21.9 Å². The molecule has 15 heteroatoms. The second-order valence-electron chi connectivity index (χ2n) is 10.8. The van der Waals surface area contributed by atoms with Crippen molar-refractivity contribution in [3.8, 4) is 11.6 Å². The van der Waals surface area contributed by atoms with Gasteiger partial charge in [-0.15, -0.1) is 0 Å². The number of fused-ring (bicyclic) bond motifs is 2. The zero-order valence-electron chi connectivity index (χ0n) is 25.2. The molecule has 1 aliphatic heterocycles. The number of nitrogens with one attached hydrogen (secondary N) is 1. The van der Waals surface area contributed by atoms with Crippen LogP contribution >= 0.6 is 7.75 Å². The average Bonchev–Trinajstić information content (AvgIpc) is 3.47. The highest BCUT2D eigenvalue weighted by atomic mass is 31.2. The Kier molecular flexibility index (Phi) is 9.10. The van der Waals surface area contributed by atoms with Gasteiger partial charge in [0.1, 0.15) is 23.2 Å². The number of carbonyl (C=O) groups is 1. The molecule has 0 radical (unpaired) electrons. The van der Waals surface area contributed by atoms with Crippen LogP contribution < -0.4 is 20.1 Å². The SMILES string of the molecule is CCCOC(=O)C(C)NP(=O)(OCC1CC(C)(O)C(n2c(C)nc3c(OC)nc(N)nc32)O1)Oc1cccc2ccccc12. The smallest absolute Gasteiger partial charge is 0.459 e. The van der Waals surface area contributed by atoms with E-state index in [4.69, 9.17) is 29.0 Å². The molecule has 5 rings (SSSR count). The highest BCUT2D eigenvalue weighted by molar-refractivity contribution is 7.52. The Balaban J connectivity index is 1.40. The predicted octanol–water partition coefficient (Wildman–Crippen LogP) is 4.05. The van der Waals surface area contributed by atoms with Crippen molar-refractivity contribution < 1.29 is 37.7 Å². The van der Waals surface area contributed by atoms with E-state index >= 15 is 0 Å². The topological polar surface area (TPSA) is 182 Å². The Morgan fingerprint density at radius 1 is 1.25 bits per heavy atom. The largest absolute Gasteiger partial charge is 0.479 e. The number of esters is 1. The van der Waals surface area contributed by atoms with Gasteiger partial charge in [0, 0.05) is 11.8 Å². The Morgan fingerprint density at radius 2 is 2.00 bits per heavy atom. The molecule has 44 heavy (non-hydrogen) atoms. The first-order chi connectivity index (χ1) is 20.9. The van der Waals surface area contributed by atoms with Crippen molar-refractivity contribution >= 4 is 41.6 Å². The van der Waals surface area contributed by atoms with E-state index < -0.39 is 37.7 Å². The van der Waals surface area contributed by atoms with Crippen molar-refractivity contribution in [2.45, 2.75) is 64.5 Å². The maximum atomic E-state index is 14.2. The number of ether oxygens (including phenoxy) is 3. The molecule has 4 N–H and O–H groups in total. The van der Waals surface area contributed by atoms with E-state index in [1.165, 1.54) is 14.0 Å². The maximum Gasteiger partial charge on any atom is 0.459 e. The van der Waals surface area contributed by atoms with E-state index in [-0.39, 0.29) is 31.5 Å². The van der Waals surface area contributed by atoms with Crippen LogP contribution in [0.2, 0.25) is 0 Å². The van der Waals surface area contributed by atoms with Crippen LogP contribution in [0.4, 0.5) is 5.95 Å². The summed E-state index contributed by atoms with van der Waals surface area (Å²) in [6.07, 6.45) is -0.941. The van der Waals surface area contributed by atoms with E-state index in [0.29, 0.717) is 34.5 Å². The van der Waals surface area contributed by atoms with Gasteiger partial charge in [-0.05, 0) is 38.6 Å². The molecule has 1 aliphatic rings. The van der Waals surface area contributed by atoms with Gasteiger partial charge < -0.3 is 29.6 Å². The Hall–Kier alpha value is -3.81. The molecule has 3 heterocycles. The minimum absolute atomic E-state index is 0.0304. The van der Waals surface area contributed by atoms with Crippen molar-refractivity contribution in [2.24, 2.45) is 0 Å². The lowest BCUT2D eigenvalue weighted by Gasteiger charge is -2.26. The van der Waals surface area contributed by atoms with Crippen molar-refractivity contribution in [1.29, 1.82) is 0 Å². The van der Waals surface area contributed by atoms with Gasteiger partial charge in [0.25, 0.3) is 0 Å². The number of carbonyl (C=O) groups excluding carboxylic acids is 1. The van der Waals surface area contributed by atoms with Gasteiger partial charge in [0.15, 0.2) is 17.4 Å². The van der Waals surface area contributed by atoms with Crippen LogP contribution in [0.15, 0.2) is 42.5 Å². The fourth-order valence-corrected chi connectivity index (χ4v) is 6.71. The summed E-state index contributed by atoms with van der Waals surface area (Å²) in [5.74, 6) is 0.345. The lowest BCUT2D eigenvalue weighted by molar-refractivity contribution is -0.145. The summed E-state index contributed by atoms with van der Waals surface area (Å²) in [7, 11) is -2.77. The fourth-order valence-electron chi connectivity index (χ4n) is 5.17. The molecule has 0 saturated carbocycles. The second-order valence-corrected chi connectivity index (χ2v) is 12.5. The third-order valence-corrected chi connectivity index (χ3v) is 8.81. The van der Waals surface area contributed by atoms with Gasteiger partial charge >= 0.3 is 13.7 Å². The van der Waals surface area contributed by atoms with Gasteiger partial charge in [0.05, 0.1) is 26.4 Å². The lowest BCUT2D eigenvalue weighted by Crippen LogP contribution is -2.36. The van der Waals surface area contributed by atoms with E-state index in [1.807, 2.05) is 37.3 Å². The molecule has 4 aromatic rings. The van der Waals surface area contributed by atoms with Crippen molar-refractivity contribution in [1.82, 2.24) is 24.6 Å². The van der Waals surface area contributed by atoms with Gasteiger partial charge in [-0.2, -0.15) is 15.1 Å². The highest BCUT2D eigenvalue weighted by Gasteiger charge is 2.47. The minimum atomic E-state index is -4.21. The zero-order chi connectivity index (χ0) is 31.6. The summed E-state index contributed by atoms with van der Waals surface area (Å²) < 4.78 is 44.6. The third-order valence-electron chi connectivity index (χ3n) is 7.18. The molecule has 14 nitrogen and oxygen atoms in total. The van der Waals surface area contributed by atoms with Gasteiger partial charge in [-0.3, -0.25) is 13.9 Å². The van der Waals surface area contributed by atoms with E-state index in [0.717, 1.165) is 5.39 Å². The molecule has 0 bridgehead atoms. The van der Waals surface area contributed by atoms with Gasteiger partial charge in [0.2, 0.25) is 11.8 Å². The molecule has 0 amide bonds. The number of hydrogen-bond acceptors (Lipinski definition) is 12. The maximum absolute atomic E-state index is 14.2. The van der Waals surface area contributed by atoms with Crippen LogP contribution in [0.1, 0.15) is 45.7 Å². The molecular formula is C29H37N6O8P. The number of methoxy groups -OCH3 is 1. The molecule has 2 aromatic heterocycles. The van der Waals surface area contributed by atoms with Crippen molar-refractivity contribution in [3.05, 3.63) is 48.3 Å². The number of benzene rings is 2. The molecule has 0 spiro atoms. The third kappa shape index (κ3) is 6.49. The second kappa shape index (κ2) is 12.7. The summed E-state index contributed by atoms with van der Waals surface area (Å²) in [4.78, 5) is 25.5. The molecule has 1 fully saturated rings. The van der Waals surface area contributed by atoms with Gasteiger partial charge in [-0.1, -0.05) is 43.3 Å². The predicted molar refractivity (Wildman–Crippen MR) is 162 cm³/mol. The summed E-state index contributed by atoms with van der Waals surface area (Å²) in [6.45, 7) is 6.71. The summed E-state index contributed by atoms with van der Waals surface area (Å²) >= 11 is 0. The molecule has 0 aliphatic carbocycles. The fraction of sp³-hybridized carbons (Fsp3) is 0.448. The first-order valence-corrected chi connectivity index (χ1v) is 15.8. The van der Waals surface area contributed by atoms with Crippen molar-refractivity contribution in [2.75, 3.05) is 26.1 Å². The Labute approximate surface area is 254 Å². The normalized spacial score (nSPS) is 22.1. The number of aromatic nitrogens is 4. The minimum Gasteiger partial charge on any atom is -0.479 e. The summed E-state index contributed by atoms with van der Waals surface area (Å²) in [5, 5.41) is 15.7. The highest BCUT2D eigenvalue weighted by Crippen LogP contribution is 2.48. The lowest BCUT2D eigenvalue weighted by atomic mass is 10.0. The summed E-state index contributed by atoms with van der Waals surface area (Å²) in [6, 6.07) is 11.8. The molecule has 1 saturated heterocycles. The van der Waals surface area contributed by atoms with Crippen LogP contribution in [-0.2, 0) is 23.4 Å². The monoisotopic (exact) mass is 628 g/mol. The first kappa shape index (κ1) is 31.6. The number of aliphatic hydroxyl groups is 1. The molecule has 5 unspecified atom stereocenters. The number of anilines is 1. The quantitative estimate of drug-likeness (QED) is 0.151. The average molecular weight is 629 g/mol. The van der Waals surface area contributed by atoms with E-state index in [2.05, 4.69) is 20.0 Å². The molecule has 5 atom stereocenters. The van der Waals surface area contributed by atoms with Crippen molar-refractivity contribution in [3.63, 3.8) is 0 Å². The number of nitrogens with two attached hydrogens (primary N) is 1.